The first-order valence-corrected chi connectivity index (χ1v) is 6.48. The molecule has 0 aromatic heterocycles. The lowest BCUT2D eigenvalue weighted by Crippen LogP contribution is -2.50. The van der Waals surface area contributed by atoms with Crippen molar-refractivity contribution in [2.45, 2.75) is 68.8 Å². The summed E-state index contributed by atoms with van der Waals surface area (Å²) in [4.78, 5) is 11.8. The quantitative estimate of drug-likeness (QED) is 0.604. The van der Waals surface area contributed by atoms with E-state index >= 15 is 0 Å². The van der Waals surface area contributed by atoms with Gasteiger partial charge in [0.05, 0.1) is 5.60 Å². The Morgan fingerprint density at radius 3 is 2.11 bits per heavy atom. The topological polar surface area (TPSA) is 46.5 Å². The SMILES string of the molecule is CC(C)(C)OC(=O)C(S)C1(O)CCC(F)(F)CC1. The van der Waals surface area contributed by atoms with E-state index in [1.165, 1.54) is 0 Å². The van der Waals surface area contributed by atoms with Gasteiger partial charge in [-0.1, -0.05) is 0 Å². The van der Waals surface area contributed by atoms with Crippen LogP contribution in [0.15, 0.2) is 0 Å². The molecule has 0 aromatic carbocycles. The van der Waals surface area contributed by atoms with E-state index in [4.69, 9.17) is 4.74 Å². The predicted octanol–water partition coefficient (Wildman–Crippen LogP) is 2.57. The molecule has 1 aliphatic carbocycles. The minimum atomic E-state index is -2.76. The van der Waals surface area contributed by atoms with Crippen molar-refractivity contribution >= 4 is 18.6 Å². The molecule has 1 aliphatic rings. The lowest BCUT2D eigenvalue weighted by molar-refractivity contribution is -0.164. The van der Waals surface area contributed by atoms with Gasteiger partial charge in [0.2, 0.25) is 5.92 Å². The van der Waals surface area contributed by atoms with Crippen LogP contribution in [0, 0.1) is 0 Å². The van der Waals surface area contributed by atoms with Gasteiger partial charge >= 0.3 is 5.97 Å². The van der Waals surface area contributed by atoms with Crippen LogP contribution >= 0.6 is 12.6 Å². The first kappa shape index (κ1) is 15.7. The maximum absolute atomic E-state index is 13.0. The summed E-state index contributed by atoms with van der Waals surface area (Å²) in [6, 6.07) is 0. The molecule has 1 atom stereocenters. The van der Waals surface area contributed by atoms with Gasteiger partial charge in [0.25, 0.3) is 0 Å². The summed E-state index contributed by atoms with van der Waals surface area (Å²) in [5, 5.41) is 9.14. The number of halogens is 2. The standard InChI is InChI=1S/C12H20F2O3S/c1-10(2,3)17-9(15)8(18)11(16)4-6-12(13,14)7-5-11/h8,16,18H,4-7H2,1-3H3. The zero-order valence-corrected chi connectivity index (χ0v) is 11.8. The third-order valence-corrected chi connectivity index (χ3v) is 3.68. The van der Waals surface area contributed by atoms with E-state index in [9.17, 15) is 18.7 Å². The zero-order chi connectivity index (χ0) is 14.2. The molecular formula is C12H20F2O3S. The third-order valence-electron chi connectivity index (χ3n) is 2.99. The van der Waals surface area contributed by atoms with Crippen molar-refractivity contribution in [2.75, 3.05) is 0 Å². The normalized spacial score (nSPS) is 24.4. The Balaban J connectivity index is 2.66. The second-order valence-corrected chi connectivity index (χ2v) is 6.41. The average molecular weight is 282 g/mol. The van der Waals surface area contributed by atoms with E-state index in [2.05, 4.69) is 12.6 Å². The molecular weight excluding hydrogens is 262 g/mol. The number of hydrogen-bond acceptors (Lipinski definition) is 4. The van der Waals surface area contributed by atoms with Crippen molar-refractivity contribution in [3.63, 3.8) is 0 Å². The summed E-state index contributed by atoms with van der Waals surface area (Å²) < 4.78 is 31.2. The molecule has 6 heteroatoms. The highest BCUT2D eigenvalue weighted by molar-refractivity contribution is 7.81. The molecule has 0 spiro atoms. The summed E-state index contributed by atoms with van der Waals surface area (Å²) in [5.74, 6) is -3.42. The average Bonchev–Trinajstić information content (AvgIpc) is 2.19. The maximum atomic E-state index is 13.0. The second-order valence-electron chi connectivity index (χ2n) is 5.90. The number of esters is 1. The smallest absolute Gasteiger partial charge is 0.322 e. The van der Waals surface area contributed by atoms with E-state index in [1.807, 2.05) is 0 Å². The predicted molar refractivity (Wildman–Crippen MR) is 67.0 cm³/mol. The molecule has 1 fully saturated rings. The second kappa shape index (κ2) is 4.96. The van der Waals surface area contributed by atoms with Crippen molar-refractivity contribution in [3.05, 3.63) is 0 Å². The molecule has 0 aromatic rings. The number of carbonyl (C=O) groups is 1. The van der Waals surface area contributed by atoms with Gasteiger partial charge in [0.15, 0.2) is 0 Å². The molecule has 106 valence electrons. The van der Waals surface area contributed by atoms with Crippen LogP contribution in [0.1, 0.15) is 46.5 Å². The Morgan fingerprint density at radius 1 is 1.28 bits per heavy atom. The van der Waals surface area contributed by atoms with Gasteiger partial charge in [-0.2, -0.15) is 12.6 Å². The number of thiol groups is 1. The fourth-order valence-electron chi connectivity index (χ4n) is 1.90. The minimum Gasteiger partial charge on any atom is -0.459 e. The lowest BCUT2D eigenvalue weighted by atomic mass is 9.80. The van der Waals surface area contributed by atoms with Crippen LogP contribution in [-0.4, -0.2) is 33.5 Å². The minimum absolute atomic E-state index is 0.145. The number of aliphatic hydroxyl groups is 1. The Bertz CT molecular complexity index is 316. The molecule has 0 bridgehead atoms. The Kier molecular flexibility index (Phi) is 4.33. The van der Waals surface area contributed by atoms with Gasteiger partial charge in [-0.05, 0) is 33.6 Å². The highest BCUT2D eigenvalue weighted by Crippen LogP contribution is 2.41. The van der Waals surface area contributed by atoms with Crippen molar-refractivity contribution in [3.8, 4) is 0 Å². The summed E-state index contributed by atoms with van der Waals surface area (Å²) in [6.07, 6.45) is -1.15. The summed E-state index contributed by atoms with van der Waals surface area (Å²) >= 11 is 4.05. The molecule has 3 nitrogen and oxygen atoms in total. The molecule has 18 heavy (non-hydrogen) atoms. The van der Waals surface area contributed by atoms with Crippen LogP contribution in [0.3, 0.4) is 0 Å². The Labute approximate surface area is 111 Å². The fourth-order valence-corrected chi connectivity index (χ4v) is 2.21. The van der Waals surface area contributed by atoms with E-state index in [0.29, 0.717) is 0 Å². The van der Waals surface area contributed by atoms with Crippen LogP contribution in [0.25, 0.3) is 0 Å². The molecule has 0 aliphatic heterocycles. The lowest BCUT2D eigenvalue weighted by Gasteiger charge is -2.39. The molecule has 0 radical (unpaired) electrons. The molecule has 0 saturated heterocycles. The first-order chi connectivity index (χ1) is 7.95. The third kappa shape index (κ3) is 4.09. The van der Waals surface area contributed by atoms with Crippen LogP contribution in [0.2, 0.25) is 0 Å². The van der Waals surface area contributed by atoms with Crippen molar-refractivity contribution in [1.82, 2.24) is 0 Å². The van der Waals surface area contributed by atoms with Crippen LogP contribution in [0.5, 0.6) is 0 Å². The fraction of sp³-hybridized carbons (Fsp3) is 0.917. The van der Waals surface area contributed by atoms with Crippen LogP contribution in [0.4, 0.5) is 8.78 Å². The number of rotatable bonds is 2. The summed E-state index contributed by atoms with van der Waals surface area (Å²) in [7, 11) is 0. The Hall–Kier alpha value is -0.360. The van der Waals surface area contributed by atoms with E-state index in [0.717, 1.165) is 0 Å². The summed E-state index contributed by atoms with van der Waals surface area (Å²) in [5.41, 5.74) is -2.19. The van der Waals surface area contributed by atoms with E-state index in [-0.39, 0.29) is 12.8 Å². The number of hydrogen-bond donors (Lipinski definition) is 2. The van der Waals surface area contributed by atoms with Crippen molar-refractivity contribution in [1.29, 1.82) is 0 Å². The highest BCUT2D eigenvalue weighted by Gasteiger charge is 2.48. The Morgan fingerprint density at radius 2 is 1.72 bits per heavy atom. The molecule has 1 N–H and O–H groups in total. The first-order valence-electron chi connectivity index (χ1n) is 5.96. The molecule has 1 saturated carbocycles. The van der Waals surface area contributed by atoms with Crippen molar-refractivity contribution in [2.24, 2.45) is 0 Å². The van der Waals surface area contributed by atoms with Gasteiger partial charge < -0.3 is 9.84 Å². The molecule has 0 heterocycles. The van der Waals surface area contributed by atoms with E-state index in [1.54, 1.807) is 20.8 Å². The van der Waals surface area contributed by atoms with Gasteiger partial charge in [-0.15, -0.1) is 0 Å². The monoisotopic (exact) mass is 282 g/mol. The van der Waals surface area contributed by atoms with Gasteiger partial charge in [-0.3, -0.25) is 4.79 Å². The van der Waals surface area contributed by atoms with E-state index < -0.39 is 41.2 Å². The zero-order valence-electron chi connectivity index (χ0n) is 10.9. The molecule has 1 unspecified atom stereocenters. The number of carbonyl (C=O) groups excluding carboxylic acids is 1. The molecule has 1 rings (SSSR count). The van der Waals surface area contributed by atoms with Crippen LogP contribution < -0.4 is 0 Å². The van der Waals surface area contributed by atoms with Crippen LogP contribution in [-0.2, 0) is 9.53 Å². The molecule has 0 amide bonds. The van der Waals surface area contributed by atoms with Gasteiger partial charge in [0.1, 0.15) is 10.9 Å². The maximum Gasteiger partial charge on any atom is 0.322 e. The number of ether oxygens (including phenoxy) is 1. The summed E-state index contributed by atoms with van der Waals surface area (Å²) in [6.45, 7) is 5.10. The highest BCUT2D eigenvalue weighted by atomic mass is 32.1. The van der Waals surface area contributed by atoms with Crippen molar-refractivity contribution < 1.29 is 23.4 Å². The largest absolute Gasteiger partial charge is 0.459 e. The number of alkyl halides is 2. The van der Waals surface area contributed by atoms with Gasteiger partial charge in [-0.25, -0.2) is 8.78 Å². The van der Waals surface area contributed by atoms with Gasteiger partial charge in [0, 0.05) is 12.8 Å².